The van der Waals surface area contributed by atoms with E-state index < -0.39 is 23.8 Å². The Hall–Kier alpha value is -4.63. The van der Waals surface area contributed by atoms with Gasteiger partial charge in [0.1, 0.15) is 12.2 Å². The van der Waals surface area contributed by atoms with Crippen molar-refractivity contribution in [2.24, 2.45) is 0 Å². The fourth-order valence-electron chi connectivity index (χ4n) is 3.50. The summed E-state index contributed by atoms with van der Waals surface area (Å²) in [5, 5.41) is 11.3. The molecule has 1 aliphatic heterocycles. The topological polar surface area (TPSA) is 122 Å². The van der Waals surface area contributed by atoms with E-state index in [-0.39, 0.29) is 34.3 Å². The number of rotatable bonds is 7. The Labute approximate surface area is 210 Å². The molecule has 36 heavy (non-hydrogen) atoms. The van der Waals surface area contributed by atoms with Crippen LogP contribution in [0.3, 0.4) is 0 Å². The summed E-state index contributed by atoms with van der Waals surface area (Å²) in [4.78, 5) is 49.7. The Balaban J connectivity index is 1.60. The minimum atomic E-state index is -1.03. The van der Waals surface area contributed by atoms with Crippen molar-refractivity contribution < 1.29 is 33.8 Å². The first kappa shape index (κ1) is 24.5. The van der Waals surface area contributed by atoms with Crippen LogP contribution in [0, 0.1) is 0 Å². The number of ether oxygens (including phenoxy) is 2. The number of anilines is 1. The standard InChI is InChI=1S/C26H19ClN2O7/c1-35-21-13-16(12-20(27)22(21)36-14-15-7-9-17(10-8-15)25(32)33)11-19-23(30)28-26(34)29(24(19)31)18-5-3-2-4-6-18/h2-13H,14H2,1H3,(H,32,33)(H,28,30,34)/b19-11+. The lowest BCUT2D eigenvalue weighted by molar-refractivity contribution is -0.122. The van der Waals surface area contributed by atoms with E-state index in [2.05, 4.69) is 5.32 Å². The number of halogens is 1. The maximum Gasteiger partial charge on any atom is 0.335 e. The number of carbonyl (C=O) groups excluding carboxylic acids is 3. The number of carboxylic acid groups (broad SMARTS) is 1. The molecule has 10 heteroatoms. The van der Waals surface area contributed by atoms with Crippen molar-refractivity contribution in [3.05, 3.63) is 94.0 Å². The summed E-state index contributed by atoms with van der Waals surface area (Å²) in [6.07, 6.45) is 1.31. The monoisotopic (exact) mass is 506 g/mol. The molecule has 0 saturated carbocycles. The van der Waals surface area contributed by atoms with Gasteiger partial charge in [0.15, 0.2) is 11.5 Å². The van der Waals surface area contributed by atoms with Crippen LogP contribution in [0.15, 0.2) is 72.3 Å². The van der Waals surface area contributed by atoms with Crippen LogP contribution in [0.4, 0.5) is 10.5 Å². The zero-order chi connectivity index (χ0) is 25.8. The molecule has 0 unspecified atom stereocenters. The molecule has 3 aromatic carbocycles. The number of carboxylic acids is 1. The molecule has 1 heterocycles. The Morgan fingerprint density at radius 1 is 1.06 bits per heavy atom. The number of para-hydroxylation sites is 1. The molecule has 0 aromatic heterocycles. The summed E-state index contributed by atoms with van der Waals surface area (Å²) in [6.45, 7) is 0.0887. The van der Waals surface area contributed by atoms with Gasteiger partial charge in [0.25, 0.3) is 11.8 Å². The van der Waals surface area contributed by atoms with Gasteiger partial charge in [-0.05, 0) is 53.6 Å². The summed E-state index contributed by atoms with van der Waals surface area (Å²) < 4.78 is 11.2. The molecule has 1 aliphatic rings. The van der Waals surface area contributed by atoms with Gasteiger partial charge in [0.05, 0.1) is 23.4 Å². The number of methoxy groups -OCH3 is 1. The van der Waals surface area contributed by atoms with E-state index in [0.29, 0.717) is 16.8 Å². The SMILES string of the molecule is COc1cc(/C=C2\C(=O)NC(=O)N(c3ccccc3)C2=O)cc(Cl)c1OCc1ccc(C(=O)O)cc1. The van der Waals surface area contributed by atoms with Crippen molar-refractivity contribution in [3.8, 4) is 11.5 Å². The van der Waals surface area contributed by atoms with Gasteiger partial charge in [-0.1, -0.05) is 41.9 Å². The van der Waals surface area contributed by atoms with E-state index in [1.807, 2.05) is 0 Å². The Morgan fingerprint density at radius 2 is 1.75 bits per heavy atom. The second-order valence-electron chi connectivity index (χ2n) is 7.62. The van der Waals surface area contributed by atoms with E-state index in [4.69, 9.17) is 26.2 Å². The van der Waals surface area contributed by atoms with Crippen LogP contribution < -0.4 is 19.7 Å². The molecule has 0 atom stereocenters. The van der Waals surface area contributed by atoms with E-state index in [1.54, 1.807) is 42.5 Å². The van der Waals surface area contributed by atoms with Crippen molar-refractivity contribution in [3.63, 3.8) is 0 Å². The molecule has 1 fully saturated rings. The Kier molecular flexibility index (Phi) is 7.03. The van der Waals surface area contributed by atoms with Crippen LogP contribution in [0.25, 0.3) is 6.08 Å². The van der Waals surface area contributed by atoms with Gasteiger partial charge in [-0.2, -0.15) is 0 Å². The molecule has 0 spiro atoms. The number of hydrogen-bond acceptors (Lipinski definition) is 6. The van der Waals surface area contributed by atoms with Crippen molar-refractivity contribution in [1.29, 1.82) is 0 Å². The molecule has 0 bridgehead atoms. The summed E-state index contributed by atoms with van der Waals surface area (Å²) in [5.74, 6) is -2.17. The number of amides is 4. The smallest absolute Gasteiger partial charge is 0.335 e. The van der Waals surface area contributed by atoms with Crippen molar-refractivity contribution >= 4 is 47.2 Å². The van der Waals surface area contributed by atoms with E-state index in [0.717, 1.165) is 4.90 Å². The molecule has 9 nitrogen and oxygen atoms in total. The second-order valence-corrected chi connectivity index (χ2v) is 8.03. The number of benzene rings is 3. The minimum absolute atomic E-state index is 0.0887. The van der Waals surface area contributed by atoms with Crippen LogP contribution in [0.1, 0.15) is 21.5 Å². The highest BCUT2D eigenvalue weighted by molar-refractivity contribution is 6.39. The quantitative estimate of drug-likeness (QED) is 0.362. The first-order chi connectivity index (χ1) is 17.3. The predicted molar refractivity (Wildman–Crippen MR) is 131 cm³/mol. The van der Waals surface area contributed by atoms with Gasteiger partial charge < -0.3 is 14.6 Å². The molecule has 2 N–H and O–H groups in total. The van der Waals surface area contributed by atoms with E-state index in [9.17, 15) is 19.2 Å². The van der Waals surface area contributed by atoms with Gasteiger partial charge >= 0.3 is 12.0 Å². The van der Waals surface area contributed by atoms with Crippen molar-refractivity contribution in [2.75, 3.05) is 12.0 Å². The second kappa shape index (κ2) is 10.3. The molecule has 3 aromatic rings. The molecule has 0 aliphatic carbocycles. The van der Waals surface area contributed by atoms with Crippen molar-refractivity contribution in [1.82, 2.24) is 5.32 Å². The number of urea groups is 1. The van der Waals surface area contributed by atoms with Crippen LogP contribution in [-0.4, -0.2) is 36.0 Å². The zero-order valence-electron chi connectivity index (χ0n) is 18.9. The lowest BCUT2D eigenvalue weighted by Crippen LogP contribution is -2.54. The highest BCUT2D eigenvalue weighted by atomic mass is 35.5. The number of barbiturate groups is 1. The van der Waals surface area contributed by atoms with Crippen LogP contribution in [0.5, 0.6) is 11.5 Å². The number of carbonyl (C=O) groups is 4. The zero-order valence-corrected chi connectivity index (χ0v) is 19.6. The van der Waals surface area contributed by atoms with Crippen LogP contribution in [-0.2, 0) is 16.2 Å². The minimum Gasteiger partial charge on any atom is -0.493 e. The molecule has 4 amide bonds. The van der Waals surface area contributed by atoms with Gasteiger partial charge in [-0.15, -0.1) is 0 Å². The maximum absolute atomic E-state index is 13.0. The molecular formula is C26H19ClN2O7. The number of hydrogen-bond donors (Lipinski definition) is 2. The number of imide groups is 2. The summed E-state index contributed by atoms with van der Waals surface area (Å²) in [6, 6.07) is 16.6. The number of aromatic carboxylic acids is 1. The number of nitrogens with zero attached hydrogens (tertiary/aromatic N) is 1. The predicted octanol–water partition coefficient (Wildman–Crippen LogP) is 4.29. The van der Waals surface area contributed by atoms with E-state index >= 15 is 0 Å². The normalized spacial score (nSPS) is 14.6. The van der Waals surface area contributed by atoms with Gasteiger partial charge in [-0.25, -0.2) is 14.5 Å². The molecule has 0 radical (unpaired) electrons. The summed E-state index contributed by atoms with van der Waals surface area (Å²) in [7, 11) is 1.41. The molecule has 1 saturated heterocycles. The van der Waals surface area contributed by atoms with Gasteiger partial charge in [0, 0.05) is 0 Å². The average Bonchev–Trinajstić information content (AvgIpc) is 2.86. The molecule has 4 rings (SSSR count). The van der Waals surface area contributed by atoms with Gasteiger partial charge in [-0.3, -0.25) is 14.9 Å². The Morgan fingerprint density at radius 3 is 2.39 bits per heavy atom. The largest absolute Gasteiger partial charge is 0.493 e. The molecule has 182 valence electrons. The maximum atomic E-state index is 13.0. The fourth-order valence-corrected chi connectivity index (χ4v) is 3.77. The lowest BCUT2D eigenvalue weighted by atomic mass is 10.1. The highest BCUT2D eigenvalue weighted by Gasteiger charge is 2.36. The number of nitrogens with one attached hydrogen (secondary N) is 1. The lowest BCUT2D eigenvalue weighted by Gasteiger charge is -2.26. The van der Waals surface area contributed by atoms with E-state index in [1.165, 1.54) is 37.5 Å². The third kappa shape index (κ3) is 5.06. The Bertz CT molecular complexity index is 1390. The third-order valence-electron chi connectivity index (χ3n) is 5.26. The van der Waals surface area contributed by atoms with Crippen molar-refractivity contribution in [2.45, 2.75) is 6.61 Å². The summed E-state index contributed by atoms with van der Waals surface area (Å²) in [5.41, 5.74) is 1.29. The van der Waals surface area contributed by atoms with Gasteiger partial charge in [0.2, 0.25) is 0 Å². The molecular weight excluding hydrogens is 488 g/mol. The highest BCUT2D eigenvalue weighted by Crippen LogP contribution is 2.38. The fraction of sp³-hybridized carbons (Fsp3) is 0.0769. The third-order valence-corrected chi connectivity index (χ3v) is 5.54. The first-order valence-electron chi connectivity index (χ1n) is 10.6. The summed E-state index contributed by atoms with van der Waals surface area (Å²) >= 11 is 6.42. The van der Waals surface area contributed by atoms with Crippen LogP contribution in [0.2, 0.25) is 5.02 Å². The average molecular weight is 507 g/mol. The first-order valence-corrected chi connectivity index (χ1v) is 11.0. The van der Waals surface area contributed by atoms with Crippen LogP contribution >= 0.6 is 11.6 Å².